The molecule has 2 rings (SSSR count). The predicted molar refractivity (Wildman–Crippen MR) is 96.1 cm³/mol. The average Bonchev–Trinajstić information content (AvgIpc) is 3.41. The lowest BCUT2D eigenvalue weighted by Gasteiger charge is -2.25. The molecule has 0 spiro atoms. The molecule has 5 nitrogen and oxygen atoms in total. The van der Waals surface area contributed by atoms with Gasteiger partial charge in [0.25, 0.3) is 0 Å². The van der Waals surface area contributed by atoms with Crippen LogP contribution in [0.15, 0.2) is 29.3 Å². The SMILES string of the molecule is CN=C(NCC(C)Oc1ccccc1F)NCC(C)N(C)C1CC1. The van der Waals surface area contributed by atoms with E-state index >= 15 is 0 Å². The van der Waals surface area contributed by atoms with Gasteiger partial charge in [-0.3, -0.25) is 9.89 Å². The lowest BCUT2D eigenvalue weighted by atomic mass is 10.3. The molecule has 24 heavy (non-hydrogen) atoms. The smallest absolute Gasteiger partial charge is 0.191 e. The van der Waals surface area contributed by atoms with Crippen molar-refractivity contribution in [1.82, 2.24) is 15.5 Å². The Labute approximate surface area is 144 Å². The van der Waals surface area contributed by atoms with E-state index in [1.807, 2.05) is 6.92 Å². The fourth-order valence-electron chi connectivity index (χ4n) is 2.49. The van der Waals surface area contributed by atoms with Gasteiger partial charge in [-0.25, -0.2) is 4.39 Å². The number of hydrogen-bond acceptors (Lipinski definition) is 3. The number of halogens is 1. The molecule has 1 aromatic carbocycles. The second-order valence-corrected chi connectivity index (χ2v) is 6.44. The van der Waals surface area contributed by atoms with Crippen molar-refractivity contribution in [2.45, 2.75) is 44.9 Å². The van der Waals surface area contributed by atoms with Crippen LogP contribution in [0.2, 0.25) is 0 Å². The van der Waals surface area contributed by atoms with Crippen molar-refractivity contribution in [1.29, 1.82) is 0 Å². The third-order valence-electron chi connectivity index (χ3n) is 4.33. The molecule has 2 N–H and O–H groups in total. The highest BCUT2D eigenvalue weighted by atomic mass is 19.1. The number of para-hydroxylation sites is 1. The van der Waals surface area contributed by atoms with Crippen LogP contribution in [-0.2, 0) is 0 Å². The monoisotopic (exact) mass is 336 g/mol. The first-order chi connectivity index (χ1) is 11.5. The van der Waals surface area contributed by atoms with Crippen LogP contribution in [0.1, 0.15) is 26.7 Å². The zero-order chi connectivity index (χ0) is 17.5. The number of likely N-dealkylation sites (N-methyl/N-ethyl adjacent to an activating group) is 1. The van der Waals surface area contributed by atoms with Crippen molar-refractivity contribution in [2.75, 3.05) is 27.2 Å². The minimum atomic E-state index is -0.344. The molecule has 0 aromatic heterocycles. The lowest BCUT2D eigenvalue weighted by Crippen LogP contribution is -2.47. The zero-order valence-corrected chi connectivity index (χ0v) is 15.1. The normalized spacial score (nSPS) is 17.5. The first kappa shape index (κ1) is 18.5. The van der Waals surface area contributed by atoms with E-state index in [1.165, 1.54) is 18.9 Å². The Bertz CT molecular complexity index is 548. The second kappa shape index (κ2) is 8.87. The third kappa shape index (κ3) is 5.67. The molecule has 1 aliphatic rings. The van der Waals surface area contributed by atoms with Crippen molar-refractivity contribution < 1.29 is 9.13 Å². The molecule has 1 aromatic rings. The Kier molecular flexibility index (Phi) is 6.85. The van der Waals surface area contributed by atoms with Crippen LogP contribution >= 0.6 is 0 Å². The van der Waals surface area contributed by atoms with Gasteiger partial charge in [-0.15, -0.1) is 0 Å². The maximum Gasteiger partial charge on any atom is 0.191 e. The van der Waals surface area contributed by atoms with Crippen molar-refractivity contribution >= 4 is 5.96 Å². The average molecular weight is 336 g/mol. The summed E-state index contributed by atoms with van der Waals surface area (Å²) < 4.78 is 19.2. The van der Waals surface area contributed by atoms with E-state index in [0.29, 0.717) is 12.6 Å². The highest BCUT2D eigenvalue weighted by molar-refractivity contribution is 5.79. The summed E-state index contributed by atoms with van der Waals surface area (Å²) in [5.41, 5.74) is 0. The van der Waals surface area contributed by atoms with E-state index in [1.54, 1.807) is 25.2 Å². The van der Waals surface area contributed by atoms with E-state index in [-0.39, 0.29) is 17.7 Å². The number of nitrogens with zero attached hydrogens (tertiary/aromatic N) is 2. The number of ether oxygens (including phenoxy) is 1. The fourth-order valence-corrected chi connectivity index (χ4v) is 2.49. The van der Waals surface area contributed by atoms with Crippen LogP contribution in [0.4, 0.5) is 4.39 Å². The number of nitrogens with one attached hydrogen (secondary N) is 2. The van der Waals surface area contributed by atoms with Gasteiger partial charge in [0, 0.05) is 25.7 Å². The van der Waals surface area contributed by atoms with Crippen molar-refractivity contribution in [3.05, 3.63) is 30.1 Å². The number of rotatable bonds is 8. The van der Waals surface area contributed by atoms with Gasteiger partial charge >= 0.3 is 0 Å². The molecule has 0 heterocycles. The fraction of sp³-hybridized carbons (Fsp3) is 0.611. The minimum absolute atomic E-state index is 0.174. The molecule has 0 aliphatic heterocycles. The summed E-state index contributed by atoms with van der Waals surface area (Å²) in [4.78, 5) is 6.63. The van der Waals surface area contributed by atoms with Crippen LogP contribution in [0, 0.1) is 5.82 Å². The van der Waals surface area contributed by atoms with E-state index in [9.17, 15) is 4.39 Å². The summed E-state index contributed by atoms with van der Waals surface area (Å²) in [7, 11) is 3.91. The highest BCUT2D eigenvalue weighted by Gasteiger charge is 2.28. The van der Waals surface area contributed by atoms with Gasteiger partial charge in [0.2, 0.25) is 0 Å². The number of hydrogen-bond donors (Lipinski definition) is 2. The topological polar surface area (TPSA) is 48.9 Å². The van der Waals surface area contributed by atoms with Gasteiger partial charge in [-0.2, -0.15) is 0 Å². The van der Waals surface area contributed by atoms with Gasteiger partial charge < -0.3 is 15.4 Å². The maximum atomic E-state index is 13.6. The van der Waals surface area contributed by atoms with E-state index in [4.69, 9.17) is 4.74 Å². The summed E-state index contributed by atoms with van der Waals surface area (Å²) in [5.74, 6) is 0.660. The summed E-state index contributed by atoms with van der Waals surface area (Å²) in [6.45, 7) is 5.48. The molecule has 2 atom stereocenters. The Hall–Kier alpha value is -1.82. The number of aliphatic imine (C=N–C) groups is 1. The minimum Gasteiger partial charge on any atom is -0.486 e. The molecule has 0 bridgehead atoms. The van der Waals surface area contributed by atoms with Crippen molar-refractivity contribution in [3.8, 4) is 5.75 Å². The Morgan fingerprint density at radius 2 is 1.96 bits per heavy atom. The third-order valence-corrected chi connectivity index (χ3v) is 4.33. The van der Waals surface area contributed by atoms with E-state index < -0.39 is 0 Å². The van der Waals surface area contributed by atoms with Gasteiger partial charge in [-0.1, -0.05) is 12.1 Å². The molecule has 1 aliphatic carbocycles. The summed E-state index contributed by atoms with van der Waals surface area (Å²) in [6.07, 6.45) is 2.43. The molecule has 1 fully saturated rings. The second-order valence-electron chi connectivity index (χ2n) is 6.44. The summed E-state index contributed by atoms with van der Waals surface area (Å²) in [5, 5.41) is 6.55. The molecular weight excluding hydrogens is 307 g/mol. The first-order valence-corrected chi connectivity index (χ1v) is 8.59. The molecule has 0 amide bonds. The van der Waals surface area contributed by atoms with Crippen LogP contribution in [-0.4, -0.2) is 56.2 Å². The number of benzene rings is 1. The summed E-state index contributed by atoms with van der Waals surface area (Å²) >= 11 is 0. The molecule has 134 valence electrons. The van der Waals surface area contributed by atoms with Crippen LogP contribution in [0.3, 0.4) is 0 Å². The van der Waals surface area contributed by atoms with E-state index in [0.717, 1.165) is 18.5 Å². The quantitative estimate of drug-likeness (QED) is 0.565. The van der Waals surface area contributed by atoms with E-state index in [2.05, 4.69) is 34.5 Å². The predicted octanol–water partition coefficient (Wildman–Crippen LogP) is 2.24. The molecule has 2 unspecified atom stereocenters. The Morgan fingerprint density at radius 1 is 1.29 bits per heavy atom. The van der Waals surface area contributed by atoms with Gasteiger partial charge in [-0.05, 0) is 45.9 Å². The largest absolute Gasteiger partial charge is 0.486 e. The Balaban J connectivity index is 1.71. The van der Waals surface area contributed by atoms with Crippen LogP contribution in [0.5, 0.6) is 5.75 Å². The molecule has 6 heteroatoms. The van der Waals surface area contributed by atoms with Gasteiger partial charge in [0.1, 0.15) is 6.10 Å². The van der Waals surface area contributed by atoms with Gasteiger partial charge in [0.05, 0.1) is 6.54 Å². The maximum absolute atomic E-state index is 13.6. The van der Waals surface area contributed by atoms with Crippen molar-refractivity contribution in [3.63, 3.8) is 0 Å². The highest BCUT2D eigenvalue weighted by Crippen LogP contribution is 2.26. The molecule has 0 radical (unpaired) electrons. The van der Waals surface area contributed by atoms with Crippen molar-refractivity contribution in [2.24, 2.45) is 4.99 Å². The molecule has 1 saturated carbocycles. The zero-order valence-electron chi connectivity index (χ0n) is 15.1. The lowest BCUT2D eigenvalue weighted by molar-refractivity contribution is 0.213. The number of guanidine groups is 1. The first-order valence-electron chi connectivity index (χ1n) is 8.59. The molecular formula is C18H29FN4O. The van der Waals surface area contributed by atoms with Crippen LogP contribution < -0.4 is 15.4 Å². The summed E-state index contributed by atoms with van der Waals surface area (Å²) in [6, 6.07) is 7.63. The standard InChI is InChI=1S/C18H29FN4O/c1-13(23(4)15-9-10-15)11-21-18(20-3)22-12-14(2)24-17-8-6-5-7-16(17)19/h5-8,13-15H,9-12H2,1-4H3,(H2,20,21,22). The van der Waals surface area contributed by atoms with Crippen LogP contribution in [0.25, 0.3) is 0 Å². The van der Waals surface area contributed by atoms with Gasteiger partial charge in [0.15, 0.2) is 17.5 Å². The molecule has 0 saturated heterocycles. The Morgan fingerprint density at radius 3 is 2.58 bits per heavy atom.